The van der Waals surface area contributed by atoms with Crippen molar-refractivity contribution >= 4 is 5.78 Å². The Hall–Kier alpha value is -2.01. The van der Waals surface area contributed by atoms with Gasteiger partial charge in [0.15, 0.2) is 0 Å². The molecule has 2 rings (SSSR count). The summed E-state index contributed by atoms with van der Waals surface area (Å²) < 4.78 is 4.91. The number of carbonyl (C=O) groups is 1. The summed E-state index contributed by atoms with van der Waals surface area (Å²) >= 11 is 0. The Balaban J connectivity index is 2.25. The Morgan fingerprint density at radius 3 is 2.76 bits per heavy atom. The summed E-state index contributed by atoms with van der Waals surface area (Å²) in [5, 5.41) is 3.76. The molecule has 0 aliphatic carbocycles. The molecule has 0 spiro atoms. The maximum atomic E-state index is 11.7. The van der Waals surface area contributed by atoms with Crippen molar-refractivity contribution in [3.8, 4) is 11.4 Å². The Morgan fingerprint density at radius 2 is 2.12 bits per heavy atom. The number of nitrogens with two attached hydrogens (primary N) is 1. The van der Waals surface area contributed by atoms with Gasteiger partial charge in [-0.3, -0.25) is 4.79 Å². The molecule has 1 aromatic heterocycles. The van der Waals surface area contributed by atoms with Gasteiger partial charge in [0.25, 0.3) is 5.89 Å². The maximum absolute atomic E-state index is 11.7. The molecule has 0 bridgehead atoms. The number of benzene rings is 1. The van der Waals surface area contributed by atoms with Gasteiger partial charge in [0, 0.05) is 5.56 Å². The summed E-state index contributed by atoms with van der Waals surface area (Å²) in [6.07, 6.45) is 0.544. The molecule has 0 saturated carbocycles. The normalized spacial score (nSPS) is 12.4. The van der Waals surface area contributed by atoms with Crippen LogP contribution in [0.3, 0.4) is 0 Å². The molecule has 0 fully saturated rings. The second-order valence-corrected chi connectivity index (χ2v) is 3.67. The summed E-state index contributed by atoms with van der Waals surface area (Å²) in [5.74, 6) is 0.0534. The number of carbonyl (C=O) groups excluding carboxylic acids is 1. The lowest BCUT2D eigenvalue weighted by Crippen LogP contribution is -2.29. The van der Waals surface area contributed by atoms with Gasteiger partial charge in [-0.1, -0.05) is 42.4 Å². The van der Waals surface area contributed by atoms with Gasteiger partial charge in [0.1, 0.15) is 0 Å². The van der Waals surface area contributed by atoms with Gasteiger partial charge < -0.3 is 10.3 Å². The van der Waals surface area contributed by atoms with Crippen molar-refractivity contribution in [1.82, 2.24) is 10.1 Å². The number of hydrogen-bond acceptors (Lipinski definition) is 5. The van der Waals surface area contributed by atoms with Crippen LogP contribution in [0.5, 0.6) is 0 Å². The highest BCUT2D eigenvalue weighted by Gasteiger charge is 2.21. The predicted octanol–water partition coefficient (Wildman–Crippen LogP) is 1.66. The van der Waals surface area contributed by atoms with Crippen molar-refractivity contribution in [2.45, 2.75) is 19.4 Å². The van der Waals surface area contributed by atoms with Crippen LogP contribution in [0, 0.1) is 0 Å². The number of nitrogens with zero attached hydrogens (tertiary/aromatic N) is 2. The minimum Gasteiger partial charge on any atom is -0.330 e. The molecule has 0 aliphatic rings. The van der Waals surface area contributed by atoms with Gasteiger partial charge in [0.05, 0.1) is 6.04 Å². The molecule has 0 amide bonds. The summed E-state index contributed by atoms with van der Waals surface area (Å²) in [6.45, 7) is 1.83. The van der Waals surface area contributed by atoms with Crippen molar-refractivity contribution in [1.29, 1.82) is 0 Å². The average Bonchev–Trinajstić information content (AvgIpc) is 2.87. The third-order valence-electron chi connectivity index (χ3n) is 2.45. The van der Waals surface area contributed by atoms with Crippen molar-refractivity contribution in [2.24, 2.45) is 5.73 Å². The summed E-state index contributed by atoms with van der Waals surface area (Å²) in [7, 11) is 0. The highest BCUT2D eigenvalue weighted by Crippen LogP contribution is 2.15. The molecule has 0 aliphatic heterocycles. The van der Waals surface area contributed by atoms with E-state index in [0.717, 1.165) is 5.56 Å². The summed E-state index contributed by atoms with van der Waals surface area (Å²) in [6, 6.07) is 8.73. The lowest BCUT2D eigenvalue weighted by molar-refractivity contribution is 0.0916. The third-order valence-corrected chi connectivity index (χ3v) is 2.45. The standard InChI is InChI=1S/C12H13N3O2/c1-2-9(13)10(16)12-14-11(15-17-12)8-6-4-3-5-7-8/h3-7,9H,2,13H2,1H3. The Labute approximate surface area is 98.6 Å². The van der Waals surface area contributed by atoms with E-state index in [9.17, 15) is 4.79 Å². The number of hydrogen-bond donors (Lipinski definition) is 1. The Kier molecular flexibility index (Phi) is 3.30. The zero-order valence-electron chi connectivity index (χ0n) is 9.46. The topological polar surface area (TPSA) is 82.0 Å². The van der Waals surface area contributed by atoms with E-state index in [2.05, 4.69) is 10.1 Å². The molecule has 2 aromatic rings. The molecular formula is C12H13N3O2. The van der Waals surface area contributed by atoms with Crippen LogP contribution >= 0.6 is 0 Å². The molecule has 1 aromatic carbocycles. The van der Waals surface area contributed by atoms with Crippen LogP contribution in [-0.4, -0.2) is 22.0 Å². The second-order valence-electron chi connectivity index (χ2n) is 3.67. The van der Waals surface area contributed by atoms with Crippen LogP contribution in [-0.2, 0) is 0 Å². The number of rotatable bonds is 4. The molecule has 5 nitrogen and oxygen atoms in total. The van der Waals surface area contributed by atoms with Crippen LogP contribution in [0.15, 0.2) is 34.9 Å². The molecule has 1 atom stereocenters. The summed E-state index contributed by atoms with van der Waals surface area (Å²) in [5.41, 5.74) is 6.43. The fourth-order valence-corrected chi connectivity index (χ4v) is 1.37. The number of aromatic nitrogens is 2. The van der Waals surface area contributed by atoms with Crippen molar-refractivity contribution in [2.75, 3.05) is 0 Å². The lowest BCUT2D eigenvalue weighted by Gasteiger charge is -2.01. The number of Topliss-reactive ketones (excluding diaryl/α,β-unsaturated/α-hetero) is 1. The molecule has 0 saturated heterocycles. The van der Waals surface area contributed by atoms with E-state index in [0.29, 0.717) is 12.2 Å². The molecule has 17 heavy (non-hydrogen) atoms. The molecule has 5 heteroatoms. The molecular weight excluding hydrogens is 218 g/mol. The first kappa shape index (κ1) is 11.5. The summed E-state index contributed by atoms with van der Waals surface area (Å²) in [4.78, 5) is 15.7. The van der Waals surface area contributed by atoms with Crippen LogP contribution in [0.1, 0.15) is 24.0 Å². The fraction of sp³-hybridized carbons (Fsp3) is 0.250. The average molecular weight is 231 g/mol. The molecule has 88 valence electrons. The Bertz CT molecular complexity index is 507. The minimum atomic E-state index is -0.584. The van der Waals surface area contributed by atoms with Crippen molar-refractivity contribution in [3.05, 3.63) is 36.2 Å². The van der Waals surface area contributed by atoms with Gasteiger partial charge in [-0.25, -0.2) is 0 Å². The van der Waals surface area contributed by atoms with Crippen LogP contribution in [0.2, 0.25) is 0 Å². The smallest absolute Gasteiger partial charge is 0.296 e. The quantitative estimate of drug-likeness (QED) is 0.809. The zero-order chi connectivity index (χ0) is 12.3. The van der Waals surface area contributed by atoms with Gasteiger partial charge in [-0.2, -0.15) is 4.98 Å². The molecule has 1 unspecified atom stereocenters. The van der Waals surface area contributed by atoms with E-state index in [-0.39, 0.29) is 11.7 Å². The third kappa shape index (κ3) is 2.39. The first-order valence-electron chi connectivity index (χ1n) is 5.41. The van der Waals surface area contributed by atoms with Crippen molar-refractivity contribution in [3.63, 3.8) is 0 Å². The van der Waals surface area contributed by atoms with Crippen LogP contribution in [0.4, 0.5) is 0 Å². The predicted molar refractivity (Wildman–Crippen MR) is 62.3 cm³/mol. The van der Waals surface area contributed by atoms with Crippen molar-refractivity contribution < 1.29 is 9.32 Å². The SMILES string of the molecule is CCC(N)C(=O)c1nc(-c2ccccc2)no1. The van der Waals surface area contributed by atoms with E-state index >= 15 is 0 Å². The molecule has 2 N–H and O–H groups in total. The molecule has 0 radical (unpaired) electrons. The van der Waals surface area contributed by atoms with E-state index in [1.54, 1.807) is 0 Å². The lowest BCUT2D eigenvalue weighted by atomic mass is 10.1. The van der Waals surface area contributed by atoms with Gasteiger partial charge in [-0.15, -0.1) is 0 Å². The van der Waals surface area contributed by atoms with Gasteiger partial charge in [0.2, 0.25) is 11.6 Å². The van der Waals surface area contributed by atoms with Gasteiger partial charge in [-0.05, 0) is 6.42 Å². The monoisotopic (exact) mass is 231 g/mol. The van der Waals surface area contributed by atoms with Gasteiger partial charge >= 0.3 is 0 Å². The molecule has 1 heterocycles. The second kappa shape index (κ2) is 4.88. The highest BCUT2D eigenvalue weighted by molar-refractivity contribution is 5.96. The van der Waals surface area contributed by atoms with E-state index in [4.69, 9.17) is 10.3 Å². The zero-order valence-corrected chi connectivity index (χ0v) is 9.46. The fourth-order valence-electron chi connectivity index (χ4n) is 1.37. The van der Waals surface area contributed by atoms with E-state index < -0.39 is 6.04 Å². The van der Waals surface area contributed by atoms with Crippen LogP contribution < -0.4 is 5.73 Å². The number of ketones is 1. The largest absolute Gasteiger partial charge is 0.330 e. The van der Waals surface area contributed by atoms with E-state index in [1.165, 1.54) is 0 Å². The van der Waals surface area contributed by atoms with E-state index in [1.807, 2.05) is 37.3 Å². The maximum Gasteiger partial charge on any atom is 0.296 e. The van der Waals surface area contributed by atoms with Crippen LogP contribution in [0.25, 0.3) is 11.4 Å². The minimum absolute atomic E-state index is 0.0294. The Morgan fingerprint density at radius 1 is 1.41 bits per heavy atom. The first-order chi connectivity index (χ1) is 8.22. The highest BCUT2D eigenvalue weighted by atomic mass is 16.5. The first-order valence-corrected chi connectivity index (χ1v) is 5.41.